The van der Waals surface area contributed by atoms with Crippen LogP contribution >= 0.6 is 0 Å². The van der Waals surface area contributed by atoms with Crippen LogP contribution in [0.3, 0.4) is 0 Å². The highest BCUT2D eigenvalue weighted by molar-refractivity contribution is 5.97. The van der Waals surface area contributed by atoms with E-state index in [9.17, 15) is 0 Å². The van der Waals surface area contributed by atoms with Gasteiger partial charge in [-0.2, -0.15) is 0 Å². The van der Waals surface area contributed by atoms with Crippen LogP contribution in [0.4, 0.5) is 0 Å². The predicted molar refractivity (Wildman–Crippen MR) is 80.1 cm³/mol. The molecule has 7 nitrogen and oxygen atoms in total. The molecule has 0 saturated carbocycles. The van der Waals surface area contributed by atoms with Crippen LogP contribution < -0.4 is 15.2 Å². The molecular weight excluding hydrogens is 288 g/mol. The van der Waals surface area contributed by atoms with E-state index < -0.39 is 5.79 Å². The zero-order valence-corrected chi connectivity index (χ0v) is 13.0. The fourth-order valence-electron chi connectivity index (χ4n) is 2.06. The highest BCUT2D eigenvalue weighted by atomic mass is 16.7. The van der Waals surface area contributed by atoms with E-state index in [-0.39, 0.29) is 12.4 Å². The smallest absolute Gasteiger partial charge is 0.244 e. The number of nitrogens with zero attached hydrogens (tertiary/aromatic N) is 1. The molecule has 0 saturated heterocycles. The van der Waals surface area contributed by atoms with Crippen molar-refractivity contribution in [2.24, 2.45) is 10.9 Å². The average molecular weight is 308 g/mol. The molecule has 1 heterocycles. The Bertz CT molecular complexity index is 623. The highest BCUT2D eigenvalue weighted by Crippen LogP contribution is 2.33. The lowest BCUT2D eigenvalue weighted by Gasteiger charge is -2.19. The van der Waals surface area contributed by atoms with Crippen LogP contribution in [0.2, 0.25) is 0 Å². The van der Waals surface area contributed by atoms with Gasteiger partial charge in [0.2, 0.25) is 5.79 Å². The SMILES string of the molecule is COc1cc(/C(N)=N/O)cc(C)c1OCC1=COC(C)(C)O1. The molecule has 0 atom stereocenters. The van der Waals surface area contributed by atoms with Crippen molar-refractivity contribution in [3.8, 4) is 11.5 Å². The lowest BCUT2D eigenvalue weighted by atomic mass is 10.1. The molecule has 1 aliphatic heterocycles. The van der Waals surface area contributed by atoms with Crippen LogP contribution in [-0.2, 0) is 9.47 Å². The van der Waals surface area contributed by atoms with Gasteiger partial charge < -0.3 is 29.9 Å². The van der Waals surface area contributed by atoms with Crippen LogP contribution in [0.5, 0.6) is 11.5 Å². The van der Waals surface area contributed by atoms with Crippen molar-refractivity contribution in [3.63, 3.8) is 0 Å². The van der Waals surface area contributed by atoms with Gasteiger partial charge >= 0.3 is 0 Å². The van der Waals surface area contributed by atoms with Crippen molar-refractivity contribution in [3.05, 3.63) is 35.3 Å². The molecule has 0 bridgehead atoms. The van der Waals surface area contributed by atoms with Gasteiger partial charge in [-0.25, -0.2) is 0 Å². The molecule has 22 heavy (non-hydrogen) atoms. The number of nitrogens with two attached hydrogens (primary N) is 1. The summed E-state index contributed by atoms with van der Waals surface area (Å²) in [7, 11) is 1.52. The second kappa shape index (κ2) is 6.05. The van der Waals surface area contributed by atoms with Gasteiger partial charge in [0, 0.05) is 19.4 Å². The first-order chi connectivity index (χ1) is 10.4. The zero-order valence-electron chi connectivity index (χ0n) is 13.0. The summed E-state index contributed by atoms with van der Waals surface area (Å²) < 4.78 is 22.0. The van der Waals surface area contributed by atoms with Crippen molar-refractivity contribution in [2.75, 3.05) is 13.7 Å². The maximum Gasteiger partial charge on any atom is 0.244 e. The summed E-state index contributed by atoms with van der Waals surface area (Å²) in [4.78, 5) is 0. The summed E-state index contributed by atoms with van der Waals surface area (Å²) in [5, 5.41) is 11.7. The molecule has 3 N–H and O–H groups in total. The standard InChI is InChI=1S/C15H20N2O5/c1-9-5-10(14(16)17-18)6-12(19-4)13(9)20-7-11-8-21-15(2,3)22-11/h5-6,8,18H,7H2,1-4H3,(H2,16,17). The molecule has 0 aromatic heterocycles. The molecule has 2 rings (SSSR count). The number of aryl methyl sites for hydroxylation is 1. The summed E-state index contributed by atoms with van der Waals surface area (Å²) >= 11 is 0. The molecule has 0 fully saturated rings. The number of amidine groups is 1. The minimum absolute atomic E-state index is 0.00457. The van der Waals surface area contributed by atoms with E-state index >= 15 is 0 Å². The molecule has 0 radical (unpaired) electrons. The maximum atomic E-state index is 8.76. The lowest BCUT2D eigenvalue weighted by Crippen LogP contribution is -2.21. The fraction of sp³-hybridized carbons (Fsp3) is 0.400. The number of oxime groups is 1. The Morgan fingerprint density at radius 3 is 2.68 bits per heavy atom. The van der Waals surface area contributed by atoms with Crippen molar-refractivity contribution in [1.82, 2.24) is 0 Å². The summed E-state index contributed by atoms with van der Waals surface area (Å²) in [6.07, 6.45) is 1.53. The lowest BCUT2D eigenvalue weighted by molar-refractivity contribution is -0.119. The summed E-state index contributed by atoms with van der Waals surface area (Å²) in [6.45, 7) is 5.68. The fourth-order valence-corrected chi connectivity index (χ4v) is 2.06. The van der Waals surface area contributed by atoms with Crippen LogP contribution in [0.25, 0.3) is 0 Å². The molecule has 0 aliphatic carbocycles. The Labute approximate surface area is 128 Å². The third-order valence-corrected chi connectivity index (χ3v) is 3.07. The number of hydrogen-bond acceptors (Lipinski definition) is 6. The quantitative estimate of drug-likeness (QED) is 0.374. The third-order valence-electron chi connectivity index (χ3n) is 3.07. The van der Waals surface area contributed by atoms with Gasteiger partial charge in [0.15, 0.2) is 23.1 Å². The summed E-state index contributed by atoms with van der Waals surface area (Å²) in [5.41, 5.74) is 6.94. The zero-order chi connectivity index (χ0) is 16.3. The molecule has 7 heteroatoms. The summed E-state index contributed by atoms with van der Waals surface area (Å²) in [5.74, 6) is 0.969. The molecule has 0 amide bonds. The first kappa shape index (κ1) is 15.8. The number of benzene rings is 1. The number of ether oxygens (including phenoxy) is 4. The van der Waals surface area contributed by atoms with Crippen LogP contribution in [0, 0.1) is 6.92 Å². The van der Waals surface area contributed by atoms with Crippen molar-refractivity contribution >= 4 is 5.84 Å². The Kier molecular flexibility index (Phi) is 4.35. The second-order valence-electron chi connectivity index (χ2n) is 5.30. The van der Waals surface area contributed by atoms with Gasteiger partial charge in [-0.05, 0) is 24.6 Å². The van der Waals surface area contributed by atoms with Crippen LogP contribution in [0.1, 0.15) is 25.0 Å². The van der Waals surface area contributed by atoms with Gasteiger partial charge in [-0.15, -0.1) is 0 Å². The van der Waals surface area contributed by atoms with Crippen LogP contribution in [-0.4, -0.2) is 30.5 Å². The largest absolute Gasteiger partial charge is 0.493 e. The van der Waals surface area contributed by atoms with E-state index in [1.54, 1.807) is 12.1 Å². The molecule has 1 aromatic rings. The van der Waals surface area contributed by atoms with E-state index in [0.717, 1.165) is 5.56 Å². The summed E-state index contributed by atoms with van der Waals surface area (Å²) in [6, 6.07) is 3.39. The number of rotatable bonds is 5. The highest BCUT2D eigenvalue weighted by Gasteiger charge is 2.28. The monoisotopic (exact) mass is 308 g/mol. The Morgan fingerprint density at radius 2 is 2.14 bits per heavy atom. The third kappa shape index (κ3) is 3.36. The predicted octanol–water partition coefficient (Wildman–Crippen LogP) is 2.10. The van der Waals surface area contributed by atoms with E-state index in [1.165, 1.54) is 13.4 Å². The maximum absolute atomic E-state index is 8.76. The van der Waals surface area contributed by atoms with Crippen molar-refractivity contribution in [2.45, 2.75) is 26.6 Å². The van der Waals surface area contributed by atoms with Gasteiger partial charge in [0.05, 0.1) is 7.11 Å². The van der Waals surface area contributed by atoms with E-state index in [2.05, 4.69) is 5.16 Å². The van der Waals surface area contributed by atoms with Crippen molar-refractivity contribution < 1.29 is 24.2 Å². The molecule has 1 aliphatic rings. The van der Waals surface area contributed by atoms with Gasteiger partial charge in [0.25, 0.3) is 0 Å². The first-order valence-electron chi connectivity index (χ1n) is 6.71. The first-order valence-corrected chi connectivity index (χ1v) is 6.71. The number of hydrogen-bond donors (Lipinski definition) is 2. The van der Waals surface area contributed by atoms with E-state index in [4.69, 9.17) is 29.9 Å². The molecule has 120 valence electrons. The minimum Gasteiger partial charge on any atom is -0.493 e. The average Bonchev–Trinajstić information content (AvgIpc) is 2.83. The van der Waals surface area contributed by atoms with Gasteiger partial charge in [-0.1, -0.05) is 5.16 Å². The second-order valence-corrected chi connectivity index (χ2v) is 5.30. The normalized spacial score (nSPS) is 16.5. The Morgan fingerprint density at radius 1 is 1.41 bits per heavy atom. The number of methoxy groups -OCH3 is 1. The van der Waals surface area contributed by atoms with Crippen molar-refractivity contribution in [1.29, 1.82) is 0 Å². The topological polar surface area (TPSA) is 95.5 Å². The molecule has 0 unspecified atom stereocenters. The van der Waals surface area contributed by atoms with E-state index in [0.29, 0.717) is 22.8 Å². The minimum atomic E-state index is -0.673. The Balaban J connectivity index is 2.17. The Hall–Kier alpha value is -2.57. The molecule has 0 spiro atoms. The van der Waals surface area contributed by atoms with Gasteiger partial charge in [-0.3, -0.25) is 0 Å². The van der Waals surface area contributed by atoms with E-state index in [1.807, 2.05) is 20.8 Å². The molecular formula is C15H20N2O5. The molecule has 1 aromatic carbocycles. The van der Waals surface area contributed by atoms with Gasteiger partial charge in [0.1, 0.15) is 12.9 Å². The van der Waals surface area contributed by atoms with Crippen LogP contribution in [0.15, 0.2) is 29.3 Å².